The van der Waals surface area contributed by atoms with Crippen LogP contribution in [0.5, 0.6) is 11.5 Å². The number of rotatable bonds is 6. The highest BCUT2D eigenvalue weighted by atomic mass is 16.7. The molecule has 0 saturated carbocycles. The van der Waals surface area contributed by atoms with Crippen LogP contribution in [-0.4, -0.2) is 37.6 Å². The molecule has 1 aliphatic heterocycles. The Bertz CT molecular complexity index is 1310. The van der Waals surface area contributed by atoms with Gasteiger partial charge in [0, 0.05) is 18.7 Å². The Labute approximate surface area is 189 Å². The maximum absolute atomic E-state index is 12.7. The monoisotopic (exact) mass is 446 g/mol. The molecule has 0 unspecified atom stereocenters. The van der Waals surface area contributed by atoms with Crippen molar-refractivity contribution in [2.24, 2.45) is 0 Å². The lowest BCUT2D eigenvalue weighted by atomic mass is 10.2. The first-order chi connectivity index (χ1) is 16.0. The average Bonchev–Trinajstić information content (AvgIpc) is 3.57. The fraction of sp³-hybridized carbons (Fsp3) is 0.261. The predicted molar refractivity (Wildman–Crippen MR) is 117 cm³/mol. The van der Waals surface area contributed by atoms with Crippen molar-refractivity contribution in [3.05, 3.63) is 65.4 Å². The molecule has 33 heavy (non-hydrogen) atoms. The van der Waals surface area contributed by atoms with Crippen molar-refractivity contribution in [1.29, 1.82) is 0 Å². The molecule has 4 heterocycles. The standard InChI is InChI=1S/C23H22N6O4/c1-13(2)21-27-23(33-28-21)16-5-7-20(24-10-16)29-14(3)17(11-26-29)22(30)25-9-15-4-6-18-19(8-15)32-12-31-18/h4-8,10-11,13H,9,12H2,1-3H3,(H,25,30). The summed E-state index contributed by atoms with van der Waals surface area (Å²) >= 11 is 0. The van der Waals surface area contributed by atoms with Gasteiger partial charge in [0.15, 0.2) is 23.1 Å². The molecule has 5 rings (SSSR count). The summed E-state index contributed by atoms with van der Waals surface area (Å²) in [6.45, 7) is 6.39. The van der Waals surface area contributed by atoms with Crippen molar-refractivity contribution >= 4 is 5.91 Å². The van der Waals surface area contributed by atoms with Crippen LogP contribution >= 0.6 is 0 Å². The topological polar surface area (TPSA) is 117 Å². The van der Waals surface area contributed by atoms with Crippen molar-refractivity contribution < 1.29 is 18.8 Å². The van der Waals surface area contributed by atoms with E-state index in [1.165, 1.54) is 6.20 Å². The van der Waals surface area contributed by atoms with Crippen molar-refractivity contribution in [2.75, 3.05) is 6.79 Å². The zero-order valence-corrected chi connectivity index (χ0v) is 18.4. The SMILES string of the molecule is Cc1c(C(=O)NCc2ccc3c(c2)OCO3)cnn1-c1ccc(-c2nc(C(C)C)no2)cn1. The Balaban J connectivity index is 1.28. The molecule has 4 aromatic rings. The van der Waals surface area contributed by atoms with Gasteiger partial charge in [-0.25, -0.2) is 9.67 Å². The molecule has 0 fully saturated rings. The van der Waals surface area contributed by atoms with Crippen LogP contribution in [0.2, 0.25) is 0 Å². The van der Waals surface area contributed by atoms with E-state index in [9.17, 15) is 4.79 Å². The molecule has 0 aliphatic carbocycles. The zero-order chi connectivity index (χ0) is 22.9. The van der Waals surface area contributed by atoms with E-state index in [1.54, 1.807) is 16.9 Å². The third kappa shape index (κ3) is 4.02. The summed E-state index contributed by atoms with van der Waals surface area (Å²) in [4.78, 5) is 21.6. The lowest BCUT2D eigenvalue weighted by Crippen LogP contribution is -2.23. The molecular formula is C23H22N6O4. The van der Waals surface area contributed by atoms with Gasteiger partial charge in [0.25, 0.3) is 11.8 Å². The second-order valence-corrected chi connectivity index (χ2v) is 7.94. The number of nitrogens with one attached hydrogen (secondary N) is 1. The summed E-state index contributed by atoms with van der Waals surface area (Å²) in [5, 5.41) is 11.2. The number of hydrogen-bond donors (Lipinski definition) is 1. The molecule has 10 heteroatoms. The lowest BCUT2D eigenvalue weighted by Gasteiger charge is -2.07. The van der Waals surface area contributed by atoms with Crippen LogP contribution in [0.15, 0.2) is 47.2 Å². The first-order valence-electron chi connectivity index (χ1n) is 10.5. The summed E-state index contributed by atoms with van der Waals surface area (Å²) in [6, 6.07) is 9.21. The second-order valence-electron chi connectivity index (χ2n) is 7.94. The highest BCUT2D eigenvalue weighted by molar-refractivity contribution is 5.95. The van der Waals surface area contributed by atoms with Crippen LogP contribution in [0.4, 0.5) is 0 Å². The van der Waals surface area contributed by atoms with E-state index in [0.29, 0.717) is 52.4 Å². The molecule has 1 N–H and O–H groups in total. The Morgan fingerprint density at radius 2 is 2.00 bits per heavy atom. The van der Waals surface area contributed by atoms with E-state index < -0.39 is 0 Å². The molecule has 0 atom stereocenters. The second kappa shape index (κ2) is 8.38. The van der Waals surface area contributed by atoms with E-state index >= 15 is 0 Å². The quantitative estimate of drug-likeness (QED) is 0.479. The van der Waals surface area contributed by atoms with Gasteiger partial charge in [-0.2, -0.15) is 10.1 Å². The smallest absolute Gasteiger partial charge is 0.259 e. The van der Waals surface area contributed by atoms with Crippen LogP contribution < -0.4 is 14.8 Å². The van der Waals surface area contributed by atoms with E-state index in [4.69, 9.17) is 14.0 Å². The van der Waals surface area contributed by atoms with Gasteiger partial charge in [0.2, 0.25) is 6.79 Å². The van der Waals surface area contributed by atoms with Gasteiger partial charge in [0.05, 0.1) is 23.0 Å². The van der Waals surface area contributed by atoms with Gasteiger partial charge in [-0.15, -0.1) is 0 Å². The number of ether oxygens (including phenoxy) is 2. The van der Waals surface area contributed by atoms with Crippen molar-refractivity contribution in [1.82, 2.24) is 30.2 Å². The first kappa shape index (κ1) is 20.7. The van der Waals surface area contributed by atoms with E-state index in [2.05, 4.69) is 25.5 Å². The number of aromatic nitrogens is 5. The Morgan fingerprint density at radius 1 is 1.15 bits per heavy atom. The third-order valence-corrected chi connectivity index (χ3v) is 5.31. The summed E-state index contributed by atoms with van der Waals surface area (Å²) in [7, 11) is 0. The van der Waals surface area contributed by atoms with Gasteiger partial charge in [-0.05, 0) is 36.8 Å². The molecule has 3 aromatic heterocycles. The van der Waals surface area contributed by atoms with Gasteiger partial charge in [0.1, 0.15) is 0 Å². The Kier molecular flexibility index (Phi) is 5.25. The highest BCUT2D eigenvalue weighted by Crippen LogP contribution is 2.32. The molecule has 10 nitrogen and oxygen atoms in total. The van der Waals surface area contributed by atoms with Gasteiger partial charge >= 0.3 is 0 Å². The molecule has 168 valence electrons. The molecule has 1 amide bonds. The molecular weight excluding hydrogens is 424 g/mol. The van der Waals surface area contributed by atoms with Crippen LogP contribution in [0, 0.1) is 6.92 Å². The maximum atomic E-state index is 12.7. The number of hydrogen-bond acceptors (Lipinski definition) is 8. The average molecular weight is 446 g/mol. The summed E-state index contributed by atoms with van der Waals surface area (Å²) in [5.74, 6) is 2.99. The fourth-order valence-electron chi connectivity index (χ4n) is 3.42. The maximum Gasteiger partial charge on any atom is 0.259 e. The minimum atomic E-state index is -0.222. The number of fused-ring (bicyclic) bond motifs is 1. The van der Waals surface area contributed by atoms with Crippen molar-refractivity contribution in [3.8, 4) is 28.8 Å². The molecule has 1 aromatic carbocycles. The normalized spacial score (nSPS) is 12.4. The van der Waals surface area contributed by atoms with Crippen LogP contribution in [0.3, 0.4) is 0 Å². The van der Waals surface area contributed by atoms with E-state index in [-0.39, 0.29) is 18.6 Å². The predicted octanol–water partition coefficient (Wildman–Crippen LogP) is 3.41. The van der Waals surface area contributed by atoms with Crippen molar-refractivity contribution in [2.45, 2.75) is 33.2 Å². The third-order valence-electron chi connectivity index (χ3n) is 5.31. The molecule has 0 saturated heterocycles. The zero-order valence-electron chi connectivity index (χ0n) is 18.4. The molecule has 0 spiro atoms. The largest absolute Gasteiger partial charge is 0.454 e. The number of carbonyl (C=O) groups is 1. The number of amides is 1. The minimum absolute atomic E-state index is 0.177. The Hall–Kier alpha value is -4.21. The Morgan fingerprint density at radius 3 is 2.76 bits per heavy atom. The van der Waals surface area contributed by atoms with E-state index in [1.807, 2.05) is 45.0 Å². The van der Waals surface area contributed by atoms with Crippen LogP contribution in [0.25, 0.3) is 17.3 Å². The summed E-state index contributed by atoms with van der Waals surface area (Å²) < 4.78 is 17.6. The van der Waals surface area contributed by atoms with Gasteiger partial charge < -0.3 is 19.3 Å². The fourth-order valence-corrected chi connectivity index (χ4v) is 3.42. The number of pyridine rings is 1. The van der Waals surface area contributed by atoms with Crippen LogP contribution in [0.1, 0.15) is 47.2 Å². The highest BCUT2D eigenvalue weighted by Gasteiger charge is 2.18. The van der Waals surface area contributed by atoms with Crippen LogP contribution in [-0.2, 0) is 6.54 Å². The molecule has 0 radical (unpaired) electrons. The van der Waals surface area contributed by atoms with Crippen molar-refractivity contribution in [3.63, 3.8) is 0 Å². The van der Waals surface area contributed by atoms with E-state index in [0.717, 1.165) is 5.56 Å². The lowest BCUT2D eigenvalue weighted by molar-refractivity contribution is 0.0950. The summed E-state index contributed by atoms with van der Waals surface area (Å²) in [6.07, 6.45) is 3.18. The minimum Gasteiger partial charge on any atom is -0.454 e. The number of carbonyl (C=O) groups excluding carboxylic acids is 1. The van der Waals surface area contributed by atoms with Gasteiger partial charge in [-0.3, -0.25) is 4.79 Å². The number of nitrogens with zero attached hydrogens (tertiary/aromatic N) is 5. The molecule has 0 bridgehead atoms. The summed E-state index contributed by atoms with van der Waals surface area (Å²) in [5.41, 5.74) is 2.78. The number of benzene rings is 1. The molecule has 1 aliphatic rings. The first-order valence-corrected chi connectivity index (χ1v) is 10.5. The van der Waals surface area contributed by atoms with Gasteiger partial charge in [-0.1, -0.05) is 25.1 Å².